The molecule has 0 heterocycles. The Morgan fingerprint density at radius 1 is 1.23 bits per heavy atom. The lowest BCUT2D eigenvalue weighted by molar-refractivity contribution is 0.613. The molecule has 1 saturated carbocycles. The maximum atomic E-state index is 6.02. The van der Waals surface area contributed by atoms with Crippen molar-refractivity contribution in [1.82, 2.24) is 0 Å². The SMILES string of the molecule is Nc1cccc([C@@H]2CCC[C@H]2N)c1. The number of benzene rings is 1. The highest BCUT2D eigenvalue weighted by atomic mass is 14.7. The van der Waals surface area contributed by atoms with E-state index in [0.29, 0.717) is 12.0 Å². The first-order valence-corrected chi connectivity index (χ1v) is 4.88. The van der Waals surface area contributed by atoms with Crippen LogP contribution in [-0.4, -0.2) is 6.04 Å². The van der Waals surface area contributed by atoms with Crippen molar-refractivity contribution in [3.8, 4) is 0 Å². The van der Waals surface area contributed by atoms with Crippen LogP contribution in [0.2, 0.25) is 0 Å². The van der Waals surface area contributed by atoms with Crippen LogP contribution in [0.15, 0.2) is 24.3 Å². The van der Waals surface area contributed by atoms with Crippen molar-refractivity contribution in [3.05, 3.63) is 29.8 Å². The highest BCUT2D eigenvalue weighted by molar-refractivity contribution is 5.42. The third kappa shape index (κ3) is 1.68. The van der Waals surface area contributed by atoms with Crippen LogP contribution < -0.4 is 11.5 Å². The van der Waals surface area contributed by atoms with Crippen molar-refractivity contribution in [3.63, 3.8) is 0 Å². The molecule has 1 aliphatic carbocycles. The molecule has 0 aliphatic heterocycles. The van der Waals surface area contributed by atoms with E-state index in [-0.39, 0.29) is 0 Å². The lowest BCUT2D eigenvalue weighted by Gasteiger charge is -2.15. The molecule has 0 bridgehead atoms. The molecule has 1 aromatic carbocycles. The van der Waals surface area contributed by atoms with Crippen LogP contribution in [0.5, 0.6) is 0 Å². The molecular weight excluding hydrogens is 160 g/mol. The van der Waals surface area contributed by atoms with Gasteiger partial charge in [0.15, 0.2) is 0 Å². The Bertz CT molecular complexity index is 296. The lowest BCUT2D eigenvalue weighted by Crippen LogP contribution is -2.22. The Morgan fingerprint density at radius 2 is 2.08 bits per heavy atom. The number of hydrogen-bond donors (Lipinski definition) is 2. The maximum Gasteiger partial charge on any atom is 0.0316 e. The molecule has 0 unspecified atom stereocenters. The van der Waals surface area contributed by atoms with Gasteiger partial charge in [0.05, 0.1) is 0 Å². The van der Waals surface area contributed by atoms with Crippen molar-refractivity contribution in [2.45, 2.75) is 31.2 Å². The first-order chi connectivity index (χ1) is 6.27. The fraction of sp³-hybridized carbons (Fsp3) is 0.455. The van der Waals surface area contributed by atoms with E-state index in [4.69, 9.17) is 11.5 Å². The quantitative estimate of drug-likeness (QED) is 0.642. The second-order valence-electron chi connectivity index (χ2n) is 3.87. The van der Waals surface area contributed by atoms with Gasteiger partial charge in [0, 0.05) is 11.7 Å². The zero-order valence-corrected chi connectivity index (χ0v) is 7.74. The largest absolute Gasteiger partial charge is 0.399 e. The summed E-state index contributed by atoms with van der Waals surface area (Å²) in [5, 5.41) is 0. The Morgan fingerprint density at radius 3 is 2.69 bits per heavy atom. The van der Waals surface area contributed by atoms with E-state index in [9.17, 15) is 0 Å². The highest BCUT2D eigenvalue weighted by Crippen LogP contribution is 2.33. The molecule has 2 atom stereocenters. The maximum absolute atomic E-state index is 6.02. The van der Waals surface area contributed by atoms with E-state index in [0.717, 1.165) is 12.1 Å². The second-order valence-corrected chi connectivity index (χ2v) is 3.87. The summed E-state index contributed by atoms with van der Waals surface area (Å²) in [6.07, 6.45) is 3.62. The first kappa shape index (κ1) is 8.57. The van der Waals surface area contributed by atoms with E-state index < -0.39 is 0 Å². The topological polar surface area (TPSA) is 52.0 Å². The molecule has 4 N–H and O–H groups in total. The van der Waals surface area contributed by atoms with Gasteiger partial charge in [0.2, 0.25) is 0 Å². The highest BCUT2D eigenvalue weighted by Gasteiger charge is 2.25. The minimum atomic E-state index is 0.335. The van der Waals surface area contributed by atoms with Crippen LogP contribution in [0.3, 0.4) is 0 Å². The molecule has 1 aliphatic rings. The molecule has 70 valence electrons. The zero-order chi connectivity index (χ0) is 9.26. The third-order valence-corrected chi connectivity index (χ3v) is 2.91. The van der Waals surface area contributed by atoms with E-state index in [2.05, 4.69) is 12.1 Å². The summed E-state index contributed by atoms with van der Waals surface area (Å²) in [4.78, 5) is 0. The normalized spacial score (nSPS) is 27.8. The van der Waals surface area contributed by atoms with Gasteiger partial charge in [-0.25, -0.2) is 0 Å². The monoisotopic (exact) mass is 176 g/mol. The average molecular weight is 176 g/mol. The van der Waals surface area contributed by atoms with E-state index >= 15 is 0 Å². The molecule has 1 aromatic rings. The van der Waals surface area contributed by atoms with Crippen molar-refractivity contribution < 1.29 is 0 Å². The van der Waals surface area contributed by atoms with E-state index in [1.807, 2.05) is 12.1 Å². The minimum absolute atomic E-state index is 0.335. The third-order valence-electron chi connectivity index (χ3n) is 2.91. The smallest absolute Gasteiger partial charge is 0.0316 e. The lowest BCUT2D eigenvalue weighted by atomic mass is 9.94. The Labute approximate surface area is 78.9 Å². The van der Waals surface area contributed by atoms with Gasteiger partial charge in [-0.05, 0) is 36.5 Å². The summed E-state index contributed by atoms with van der Waals surface area (Å²) in [5.74, 6) is 0.531. The van der Waals surface area contributed by atoms with Crippen LogP contribution in [0.1, 0.15) is 30.7 Å². The number of nitrogens with two attached hydrogens (primary N) is 2. The fourth-order valence-corrected chi connectivity index (χ4v) is 2.19. The molecule has 2 heteroatoms. The summed E-state index contributed by atoms with van der Waals surface area (Å²) in [6, 6.07) is 8.45. The van der Waals surface area contributed by atoms with Gasteiger partial charge in [-0.3, -0.25) is 0 Å². The van der Waals surface area contributed by atoms with Gasteiger partial charge in [-0.15, -0.1) is 0 Å². The summed E-state index contributed by atoms with van der Waals surface area (Å²) < 4.78 is 0. The first-order valence-electron chi connectivity index (χ1n) is 4.88. The van der Waals surface area contributed by atoms with Crippen LogP contribution in [0.25, 0.3) is 0 Å². The van der Waals surface area contributed by atoms with Crippen LogP contribution in [-0.2, 0) is 0 Å². The Hall–Kier alpha value is -1.02. The van der Waals surface area contributed by atoms with Crippen molar-refractivity contribution in [2.24, 2.45) is 5.73 Å². The standard InChI is InChI=1S/C11H16N2/c12-9-4-1-3-8(7-9)10-5-2-6-11(10)13/h1,3-4,7,10-11H,2,5-6,12-13H2/t10-,11+/m0/s1. The molecule has 2 rings (SSSR count). The van der Waals surface area contributed by atoms with Crippen LogP contribution in [0, 0.1) is 0 Å². The molecule has 1 fully saturated rings. The summed E-state index contributed by atoms with van der Waals surface area (Å²) in [7, 11) is 0. The van der Waals surface area contributed by atoms with Gasteiger partial charge in [0.1, 0.15) is 0 Å². The van der Waals surface area contributed by atoms with Crippen LogP contribution in [0.4, 0.5) is 5.69 Å². The molecule has 0 aromatic heterocycles. The molecule has 0 spiro atoms. The number of nitrogen functional groups attached to an aromatic ring is 1. The molecule has 13 heavy (non-hydrogen) atoms. The summed E-state index contributed by atoms with van der Waals surface area (Å²) >= 11 is 0. The molecule has 0 amide bonds. The van der Waals surface area contributed by atoms with Crippen molar-refractivity contribution >= 4 is 5.69 Å². The van der Waals surface area contributed by atoms with Crippen LogP contribution >= 0.6 is 0 Å². The van der Waals surface area contributed by atoms with Gasteiger partial charge >= 0.3 is 0 Å². The molecule has 2 nitrogen and oxygen atoms in total. The van der Waals surface area contributed by atoms with Crippen molar-refractivity contribution in [2.75, 3.05) is 5.73 Å². The van der Waals surface area contributed by atoms with E-state index in [1.54, 1.807) is 0 Å². The number of hydrogen-bond acceptors (Lipinski definition) is 2. The number of rotatable bonds is 1. The van der Waals surface area contributed by atoms with Gasteiger partial charge < -0.3 is 11.5 Å². The zero-order valence-electron chi connectivity index (χ0n) is 7.74. The summed E-state index contributed by atoms with van der Waals surface area (Å²) in [5.41, 5.74) is 13.9. The fourth-order valence-electron chi connectivity index (χ4n) is 2.19. The molecule has 0 saturated heterocycles. The summed E-state index contributed by atoms with van der Waals surface area (Å²) in [6.45, 7) is 0. The van der Waals surface area contributed by atoms with Gasteiger partial charge in [-0.1, -0.05) is 18.6 Å². The van der Waals surface area contributed by atoms with Gasteiger partial charge in [-0.2, -0.15) is 0 Å². The minimum Gasteiger partial charge on any atom is -0.399 e. The second kappa shape index (κ2) is 3.38. The Balaban J connectivity index is 2.24. The predicted molar refractivity (Wildman–Crippen MR) is 55.4 cm³/mol. The van der Waals surface area contributed by atoms with Crippen molar-refractivity contribution in [1.29, 1.82) is 0 Å². The van der Waals surface area contributed by atoms with Gasteiger partial charge in [0.25, 0.3) is 0 Å². The Kier molecular flexibility index (Phi) is 2.23. The molecular formula is C11H16N2. The number of anilines is 1. The average Bonchev–Trinajstić information content (AvgIpc) is 2.51. The molecule has 0 radical (unpaired) electrons. The predicted octanol–water partition coefficient (Wildman–Crippen LogP) is 1.86. The van der Waals surface area contributed by atoms with E-state index in [1.165, 1.54) is 18.4 Å².